The summed E-state index contributed by atoms with van der Waals surface area (Å²) < 4.78 is 0. The molecule has 1 aliphatic heterocycles. The first-order chi connectivity index (χ1) is 12.7. The number of rotatable bonds is 6. The summed E-state index contributed by atoms with van der Waals surface area (Å²) in [5.41, 5.74) is 3.80. The van der Waals surface area contributed by atoms with Gasteiger partial charge in [0, 0.05) is 12.5 Å². The number of nitrogens with zero attached hydrogens (tertiary/aromatic N) is 1. The lowest BCUT2D eigenvalue weighted by Crippen LogP contribution is -2.41. The fourth-order valence-corrected chi connectivity index (χ4v) is 3.70. The topological polar surface area (TPSA) is 32.3 Å². The van der Waals surface area contributed by atoms with E-state index in [-0.39, 0.29) is 17.9 Å². The van der Waals surface area contributed by atoms with E-state index in [1.54, 1.807) is 0 Å². The Balaban J connectivity index is 1.50. The number of benzene rings is 2. The van der Waals surface area contributed by atoms with Gasteiger partial charge in [-0.3, -0.25) is 9.69 Å². The zero-order chi connectivity index (χ0) is 18.4. The SMILES string of the molecule is CCC(NC(=O)C1CCN(Cc2ccccc2)CC1)c1ccc(C)cc1. The molecule has 0 spiro atoms. The lowest BCUT2D eigenvalue weighted by molar-refractivity contribution is -0.127. The quantitative estimate of drug-likeness (QED) is 0.833. The molecule has 0 saturated carbocycles. The molecule has 1 N–H and O–H groups in total. The van der Waals surface area contributed by atoms with Crippen LogP contribution in [0.1, 0.15) is 48.9 Å². The van der Waals surface area contributed by atoms with Crippen LogP contribution in [0.4, 0.5) is 0 Å². The van der Waals surface area contributed by atoms with Crippen LogP contribution in [0.5, 0.6) is 0 Å². The van der Waals surface area contributed by atoms with Crippen LogP contribution < -0.4 is 5.32 Å². The minimum atomic E-state index is 0.116. The Morgan fingerprint density at radius 3 is 2.35 bits per heavy atom. The number of hydrogen-bond donors (Lipinski definition) is 1. The highest BCUT2D eigenvalue weighted by Gasteiger charge is 2.26. The molecule has 1 amide bonds. The Hall–Kier alpha value is -2.13. The predicted molar refractivity (Wildman–Crippen MR) is 107 cm³/mol. The third-order valence-electron chi connectivity index (χ3n) is 5.41. The summed E-state index contributed by atoms with van der Waals surface area (Å²) in [6.45, 7) is 7.19. The van der Waals surface area contributed by atoms with E-state index >= 15 is 0 Å². The first-order valence-corrected chi connectivity index (χ1v) is 9.79. The van der Waals surface area contributed by atoms with Crippen LogP contribution in [0.25, 0.3) is 0 Å². The van der Waals surface area contributed by atoms with Crippen molar-refractivity contribution >= 4 is 5.91 Å². The second kappa shape index (κ2) is 9.00. The molecule has 0 aromatic heterocycles. The van der Waals surface area contributed by atoms with Gasteiger partial charge in [-0.05, 0) is 50.4 Å². The van der Waals surface area contributed by atoms with Gasteiger partial charge < -0.3 is 5.32 Å². The Bertz CT molecular complexity index is 688. The van der Waals surface area contributed by atoms with E-state index in [9.17, 15) is 4.79 Å². The van der Waals surface area contributed by atoms with E-state index in [0.717, 1.165) is 38.9 Å². The van der Waals surface area contributed by atoms with Crippen LogP contribution in [0.3, 0.4) is 0 Å². The fraction of sp³-hybridized carbons (Fsp3) is 0.435. The molecule has 3 heteroatoms. The summed E-state index contributed by atoms with van der Waals surface area (Å²) in [6.07, 6.45) is 2.81. The van der Waals surface area contributed by atoms with Crippen molar-refractivity contribution in [1.29, 1.82) is 0 Å². The largest absolute Gasteiger partial charge is 0.349 e. The molecular weight excluding hydrogens is 320 g/mol. The van der Waals surface area contributed by atoms with Gasteiger partial charge in [0.25, 0.3) is 0 Å². The average Bonchev–Trinajstić information content (AvgIpc) is 2.68. The van der Waals surface area contributed by atoms with E-state index in [4.69, 9.17) is 0 Å². The number of amides is 1. The number of nitrogens with one attached hydrogen (secondary N) is 1. The monoisotopic (exact) mass is 350 g/mol. The van der Waals surface area contributed by atoms with Gasteiger partial charge in [-0.1, -0.05) is 67.1 Å². The van der Waals surface area contributed by atoms with Crippen LogP contribution >= 0.6 is 0 Å². The molecule has 138 valence electrons. The Labute approximate surface area is 157 Å². The van der Waals surface area contributed by atoms with Crippen molar-refractivity contribution in [2.45, 2.75) is 45.7 Å². The maximum Gasteiger partial charge on any atom is 0.223 e. The molecule has 0 radical (unpaired) electrons. The van der Waals surface area contributed by atoms with Gasteiger partial charge in [-0.15, -0.1) is 0 Å². The Morgan fingerprint density at radius 1 is 1.08 bits per heavy atom. The van der Waals surface area contributed by atoms with Crippen LogP contribution in [0, 0.1) is 12.8 Å². The number of carbonyl (C=O) groups is 1. The summed E-state index contributed by atoms with van der Waals surface area (Å²) in [7, 11) is 0. The van der Waals surface area contributed by atoms with Crippen molar-refractivity contribution < 1.29 is 4.79 Å². The molecule has 1 aliphatic rings. The molecule has 26 heavy (non-hydrogen) atoms. The molecule has 1 heterocycles. The Morgan fingerprint density at radius 2 is 1.73 bits per heavy atom. The maximum atomic E-state index is 12.7. The van der Waals surface area contributed by atoms with Crippen LogP contribution in [0.15, 0.2) is 54.6 Å². The number of piperidine rings is 1. The van der Waals surface area contributed by atoms with Crippen LogP contribution in [-0.4, -0.2) is 23.9 Å². The number of carbonyl (C=O) groups excluding carboxylic acids is 1. The molecule has 1 saturated heterocycles. The van der Waals surface area contributed by atoms with Gasteiger partial charge in [-0.2, -0.15) is 0 Å². The van der Waals surface area contributed by atoms with Gasteiger partial charge in [-0.25, -0.2) is 0 Å². The van der Waals surface area contributed by atoms with Gasteiger partial charge in [0.05, 0.1) is 6.04 Å². The summed E-state index contributed by atoms with van der Waals surface area (Å²) in [5.74, 6) is 0.360. The lowest BCUT2D eigenvalue weighted by atomic mass is 9.94. The summed E-state index contributed by atoms with van der Waals surface area (Å²) in [6, 6.07) is 19.2. The molecule has 0 aliphatic carbocycles. The first-order valence-electron chi connectivity index (χ1n) is 9.79. The average molecular weight is 351 g/mol. The lowest BCUT2D eigenvalue weighted by Gasteiger charge is -2.32. The third-order valence-corrected chi connectivity index (χ3v) is 5.41. The normalized spacial score (nSPS) is 17.0. The minimum Gasteiger partial charge on any atom is -0.349 e. The summed E-state index contributed by atoms with van der Waals surface area (Å²) in [4.78, 5) is 15.2. The van der Waals surface area contributed by atoms with Crippen molar-refractivity contribution in [3.63, 3.8) is 0 Å². The molecule has 1 fully saturated rings. The second-order valence-corrected chi connectivity index (χ2v) is 7.42. The molecule has 1 atom stereocenters. The van der Waals surface area contributed by atoms with Crippen molar-refractivity contribution in [3.05, 3.63) is 71.3 Å². The van der Waals surface area contributed by atoms with E-state index in [1.165, 1.54) is 16.7 Å². The van der Waals surface area contributed by atoms with Crippen molar-refractivity contribution in [1.82, 2.24) is 10.2 Å². The van der Waals surface area contributed by atoms with Gasteiger partial charge >= 0.3 is 0 Å². The Kier molecular flexibility index (Phi) is 6.45. The van der Waals surface area contributed by atoms with E-state index < -0.39 is 0 Å². The molecule has 0 bridgehead atoms. The van der Waals surface area contributed by atoms with Gasteiger partial charge in [0.1, 0.15) is 0 Å². The minimum absolute atomic E-state index is 0.116. The zero-order valence-electron chi connectivity index (χ0n) is 15.9. The standard InChI is InChI=1S/C23H30N2O/c1-3-22(20-11-9-18(2)10-12-20)24-23(26)21-13-15-25(16-14-21)17-19-7-5-4-6-8-19/h4-12,21-22H,3,13-17H2,1-2H3,(H,24,26). The highest BCUT2D eigenvalue weighted by atomic mass is 16.1. The van der Waals surface area contributed by atoms with Crippen LogP contribution in [0.2, 0.25) is 0 Å². The molecule has 2 aromatic rings. The summed E-state index contributed by atoms with van der Waals surface area (Å²) in [5, 5.41) is 3.28. The van der Waals surface area contributed by atoms with Crippen molar-refractivity contribution in [2.75, 3.05) is 13.1 Å². The zero-order valence-corrected chi connectivity index (χ0v) is 15.9. The molecule has 2 aromatic carbocycles. The smallest absolute Gasteiger partial charge is 0.223 e. The molecule has 1 unspecified atom stereocenters. The fourth-order valence-electron chi connectivity index (χ4n) is 3.70. The molecule has 3 nitrogen and oxygen atoms in total. The first kappa shape index (κ1) is 18.7. The third kappa shape index (κ3) is 4.95. The van der Waals surface area contributed by atoms with E-state index in [2.05, 4.69) is 78.7 Å². The molecule has 3 rings (SSSR count). The maximum absolute atomic E-state index is 12.7. The molecular formula is C23H30N2O. The van der Waals surface area contributed by atoms with E-state index in [1.807, 2.05) is 0 Å². The number of hydrogen-bond acceptors (Lipinski definition) is 2. The van der Waals surface area contributed by atoms with Gasteiger partial charge in [0.15, 0.2) is 0 Å². The van der Waals surface area contributed by atoms with Crippen molar-refractivity contribution in [2.24, 2.45) is 5.92 Å². The van der Waals surface area contributed by atoms with Gasteiger partial charge in [0.2, 0.25) is 5.91 Å². The van der Waals surface area contributed by atoms with Crippen molar-refractivity contribution in [3.8, 4) is 0 Å². The van der Waals surface area contributed by atoms with Crippen LogP contribution in [-0.2, 0) is 11.3 Å². The predicted octanol–water partition coefficient (Wildman–Crippen LogP) is 4.47. The second-order valence-electron chi connectivity index (χ2n) is 7.42. The highest BCUT2D eigenvalue weighted by molar-refractivity contribution is 5.79. The number of aryl methyl sites for hydroxylation is 1. The summed E-state index contributed by atoms with van der Waals surface area (Å²) >= 11 is 0. The highest BCUT2D eigenvalue weighted by Crippen LogP contribution is 2.22. The van der Waals surface area contributed by atoms with E-state index in [0.29, 0.717) is 0 Å². The number of likely N-dealkylation sites (tertiary alicyclic amines) is 1.